The van der Waals surface area contributed by atoms with Gasteiger partial charge in [0.1, 0.15) is 11.9 Å². The third kappa shape index (κ3) is 4.47. The van der Waals surface area contributed by atoms with Crippen molar-refractivity contribution in [1.82, 2.24) is 0 Å². The van der Waals surface area contributed by atoms with Crippen LogP contribution in [0.15, 0.2) is 24.3 Å². The summed E-state index contributed by atoms with van der Waals surface area (Å²) in [5.74, 6) is -0.115. The smallest absolute Gasteiger partial charge is 0.307 e. The fourth-order valence-corrected chi connectivity index (χ4v) is 1.56. The molecule has 0 saturated heterocycles. The van der Waals surface area contributed by atoms with Crippen LogP contribution in [0.1, 0.15) is 39.7 Å². The van der Waals surface area contributed by atoms with Crippen LogP contribution in [0.2, 0.25) is 0 Å². The highest BCUT2D eigenvalue weighted by Crippen LogP contribution is 2.26. The van der Waals surface area contributed by atoms with E-state index < -0.39 is 5.97 Å². The molecule has 1 aromatic rings. The molecule has 0 bridgehead atoms. The summed E-state index contributed by atoms with van der Waals surface area (Å²) < 4.78 is 5.58. The highest BCUT2D eigenvalue weighted by Gasteiger charge is 2.15. The molecule has 0 radical (unpaired) electrons. The molecule has 3 nitrogen and oxygen atoms in total. The number of ether oxygens (including phenoxy) is 1. The molecule has 1 unspecified atom stereocenters. The average Bonchev–Trinajstić information content (AvgIpc) is 2.15. The Hall–Kier alpha value is -1.51. The summed E-state index contributed by atoms with van der Waals surface area (Å²) in [7, 11) is 0. The second kappa shape index (κ2) is 5.21. The lowest BCUT2D eigenvalue weighted by Gasteiger charge is -2.20. The van der Waals surface area contributed by atoms with Gasteiger partial charge in [-0.2, -0.15) is 0 Å². The van der Waals surface area contributed by atoms with Crippen LogP contribution in [0.3, 0.4) is 0 Å². The van der Waals surface area contributed by atoms with Gasteiger partial charge in [0.25, 0.3) is 0 Å². The minimum absolute atomic E-state index is 0.0136. The van der Waals surface area contributed by atoms with E-state index in [-0.39, 0.29) is 17.9 Å². The van der Waals surface area contributed by atoms with Crippen molar-refractivity contribution < 1.29 is 14.6 Å². The van der Waals surface area contributed by atoms with E-state index >= 15 is 0 Å². The number of carboxylic acids is 1. The molecule has 1 rings (SSSR count). The fourth-order valence-electron chi connectivity index (χ4n) is 1.56. The predicted molar refractivity (Wildman–Crippen MR) is 67.5 cm³/mol. The molecule has 0 aromatic heterocycles. The van der Waals surface area contributed by atoms with Gasteiger partial charge in [-0.25, -0.2) is 0 Å². The largest absolute Gasteiger partial charge is 0.490 e. The first-order chi connectivity index (χ1) is 7.79. The summed E-state index contributed by atoms with van der Waals surface area (Å²) in [6, 6.07) is 7.81. The molecular formula is C14H20O3. The molecule has 1 N–H and O–H groups in total. The number of rotatable bonds is 4. The third-order valence-electron chi connectivity index (χ3n) is 2.50. The Kier molecular flexibility index (Phi) is 4.16. The Morgan fingerprint density at radius 1 is 1.41 bits per heavy atom. The summed E-state index contributed by atoms with van der Waals surface area (Å²) in [6.45, 7) is 8.16. The zero-order valence-electron chi connectivity index (χ0n) is 10.9. The Morgan fingerprint density at radius 2 is 2.06 bits per heavy atom. The average molecular weight is 236 g/mol. The van der Waals surface area contributed by atoms with Gasteiger partial charge in [-0.15, -0.1) is 0 Å². The lowest BCUT2D eigenvalue weighted by atomic mass is 9.87. The van der Waals surface area contributed by atoms with Crippen LogP contribution in [0.25, 0.3) is 0 Å². The standard InChI is InChI=1S/C14H20O3/c1-10(8-13(15)16)17-12-7-5-6-11(9-12)14(2,3)4/h5-7,9-10H,8H2,1-4H3,(H,15,16). The van der Waals surface area contributed by atoms with Gasteiger partial charge in [-0.1, -0.05) is 32.9 Å². The zero-order chi connectivity index (χ0) is 13.1. The maximum absolute atomic E-state index is 10.5. The number of aliphatic carboxylic acids is 1. The maximum atomic E-state index is 10.5. The van der Waals surface area contributed by atoms with Gasteiger partial charge >= 0.3 is 5.97 Å². The molecule has 1 aromatic carbocycles. The molecule has 0 aliphatic heterocycles. The molecule has 0 aliphatic rings. The van der Waals surface area contributed by atoms with E-state index in [0.29, 0.717) is 0 Å². The first kappa shape index (κ1) is 13.6. The van der Waals surface area contributed by atoms with E-state index in [1.165, 1.54) is 5.56 Å². The van der Waals surface area contributed by atoms with Gasteiger partial charge in [-0.05, 0) is 30.0 Å². The molecule has 0 spiro atoms. The monoisotopic (exact) mass is 236 g/mol. The van der Waals surface area contributed by atoms with Gasteiger partial charge in [0.15, 0.2) is 0 Å². The summed E-state index contributed by atoms with van der Waals surface area (Å²) in [5.41, 5.74) is 1.24. The minimum atomic E-state index is -0.843. The van der Waals surface area contributed by atoms with Gasteiger partial charge in [0.05, 0.1) is 6.42 Å². The molecule has 0 aliphatic carbocycles. The molecule has 0 amide bonds. The van der Waals surface area contributed by atoms with Crippen LogP contribution in [0.4, 0.5) is 0 Å². The van der Waals surface area contributed by atoms with Crippen molar-refractivity contribution in [2.45, 2.75) is 45.6 Å². The van der Waals surface area contributed by atoms with Crippen LogP contribution in [-0.2, 0) is 10.2 Å². The number of carbonyl (C=O) groups is 1. The lowest BCUT2D eigenvalue weighted by molar-refractivity contribution is -0.138. The highest BCUT2D eigenvalue weighted by atomic mass is 16.5. The first-order valence-corrected chi connectivity index (χ1v) is 5.78. The van der Waals surface area contributed by atoms with Crippen LogP contribution < -0.4 is 4.74 Å². The van der Waals surface area contributed by atoms with Gasteiger partial charge in [0, 0.05) is 0 Å². The van der Waals surface area contributed by atoms with Gasteiger partial charge in [0.2, 0.25) is 0 Å². The van der Waals surface area contributed by atoms with Crippen molar-refractivity contribution in [2.75, 3.05) is 0 Å². The van der Waals surface area contributed by atoms with Crippen molar-refractivity contribution in [3.8, 4) is 5.75 Å². The van der Waals surface area contributed by atoms with Crippen LogP contribution >= 0.6 is 0 Å². The van der Waals surface area contributed by atoms with Crippen LogP contribution in [0.5, 0.6) is 5.75 Å². The van der Waals surface area contributed by atoms with E-state index in [1.807, 2.05) is 18.2 Å². The molecule has 94 valence electrons. The number of hydrogen-bond donors (Lipinski definition) is 1. The molecule has 17 heavy (non-hydrogen) atoms. The molecule has 0 heterocycles. The molecule has 3 heteroatoms. The van der Waals surface area contributed by atoms with Crippen molar-refractivity contribution in [1.29, 1.82) is 0 Å². The number of benzene rings is 1. The van der Waals surface area contributed by atoms with E-state index in [2.05, 4.69) is 26.8 Å². The quantitative estimate of drug-likeness (QED) is 0.873. The Bertz CT molecular complexity index is 391. The fraction of sp³-hybridized carbons (Fsp3) is 0.500. The highest BCUT2D eigenvalue weighted by molar-refractivity contribution is 5.67. The molecule has 0 fully saturated rings. The summed E-state index contributed by atoms with van der Waals surface area (Å²) in [6.07, 6.45) is -0.303. The third-order valence-corrected chi connectivity index (χ3v) is 2.50. The normalized spacial score (nSPS) is 13.2. The summed E-state index contributed by atoms with van der Waals surface area (Å²) in [4.78, 5) is 10.5. The number of carboxylic acid groups (broad SMARTS) is 1. The number of hydrogen-bond acceptors (Lipinski definition) is 2. The van der Waals surface area contributed by atoms with Crippen molar-refractivity contribution in [2.24, 2.45) is 0 Å². The van der Waals surface area contributed by atoms with Gasteiger partial charge < -0.3 is 9.84 Å². The molecular weight excluding hydrogens is 216 g/mol. The van der Waals surface area contributed by atoms with Crippen LogP contribution in [0, 0.1) is 0 Å². The predicted octanol–water partition coefficient (Wildman–Crippen LogP) is 3.23. The van der Waals surface area contributed by atoms with Crippen molar-refractivity contribution in [3.05, 3.63) is 29.8 Å². The maximum Gasteiger partial charge on any atom is 0.307 e. The molecule has 0 saturated carbocycles. The van der Waals surface area contributed by atoms with E-state index in [4.69, 9.17) is 9.84 Å². The zero-order valence-corrected chi connectivity index (χ0v) is 10.9. The van der Waals surface area contributed by atoms with Crippen molar-refractivity contribution >= 4 is 5.97 Å². The Morgan fingerprint density at radius 3 is 2.59 bits per heavy atom. The SMILES string of the molecule is CC(CC(=O)O)Oc1cccc(C(C)(C)C)c1. The lowest BCUT2D eigenvalue weighted by Crippen LogP contribution is -2.17. The van der Waals surface area contributed by atoms with E-state index in [9.17, 15) is 4.79 Å². The minimum Gasteiger partial charge on any atom is -0.490 e. The summed E-state index contributed by atoms with van der Waals surface area (Å²) >= 11 is 0. The first-order valence-electron chi connectivity index (χ1n) is 5.78. The molecule has 1 atom stereocenters. The van der Waals surface area contributed by atoms with Crippen molar-refractivity contribution in [3.63, 3.8) is 0 Å². The second-order valence-corrected chi connectivity index (χ2v) is 5.30. The van der Waals surface area contributed by atoms with E-state index in [0.717, 1.165) is 5.75 Å². The summed E-state index contributed by atoms with van der Waals surface area (Å²) in [5, 5.41) is 8.67. The second-order valence-electron chi connectivity index (χ2n) is 5.30. The topological polar surface area (TPSA) is 46.5 Å². The van der Waals surface area contributed by atoms with Gasteiger partial charge in [-0.3, -0.25) is 4.79 Å². The Balaban J connectivity index is 2.76. The van der Waals surface area contributed by atoms with E-state index in [1.54, 1.807) is 6.92 Å². The van der Waals surface area contributed by atoms with Crippen LogP contribution in [-0.4, -0.2) is 17.2 Å². The Labute approximate surface area is 102 Å².